The fraction of sp³-hybridized carbons (Fsp3) is 0.435. The molecule has 0 saturated carbocycles. The summed E-state index contributed by atoms with van der Waals surface area (Å²) in [6.45, 7) is 1.58. The van der Waals surface area contributed by atoms with Gasteiger partial charge >= 0.3 is 6.03 Å². The zero-order valence-electron chi connectivity index (χ0n) is 17.6. The molecule has 2 saturated heterocycles. The average molecular weight is 427 g/mol. The molecular formula is C23H30N4O2S. The minimum absolute atomic E-state index is 0.00142. The molecule has 4 rings (SSSR count). The van der Waals surface area contributed by atoms with Crippen LogP contribution < -0.4 is 20.9 Å². The molecule has 0 radical (unpaired) electrons. The maximum absolute atomic E-state index is 12.7. The number of carbonyl (C=O) groups excluding carboxylic acids is 1. The minimum atomic E-state index is -0.00142. The van der Waals surface area contributed by atoms with E-state index in [2.05, 4.69) is 28.3 Å². The van der Waals surface area contributed by atoms with E-state index in [1.807, 2.05) is 47.6 Å². The Hall–Kier alpha value is -2.22. The molecule has 3 N–H and O–H groups in total. The van der Waals surface area contributed by atoms with Gasteiger partial charge in [-0.25, -0.2) is 4.79 Å². The number of likely N-dealkylation sites (tertiary alicyclic amines) is 1. The largest absolute Gasteiger partial charge is 0.497 e. The molecule has 7 heteroatoms. The van der Waals surface area contributed by atoms with Crippen molar-refractivity contribution in [1.29, 1.82) is 0 Å². The van der Waals surface area contributed by atoms with Gasteiger partial charge in [0.05, 0.1) is 7.11 Å². The first-order valence-corrected chi connectivity index (χ1v) is 11.7. The summed E-state index contributed by atoms with van der Waals surface area (Å²) in [6, 6.07) is 16.9. The van der Waals surface area contributed by atoms with Gasteiger partial charge in [0.1, 0.15) is 5.75 Å². The van der Waals surface area contributed by atoms with Crippen molar-refractivity contribution in [3.63, 3.8) is 0 Å². The summed E-state index contributed by atoms with van der Waals surface area (Å²) in [5.41, 5.74) is 9.05. The van der Waals surface area contributed by atoms with Crippen molar-refractivity contribution in [2.75, 3.05) is 31.8 Å². The second kappa shape index (κ2) is 9.73. The summed E-state index contributed by atoms with van der Waals surface area (Å²) < 4.78 is 5.35. The first-order valence-electron chi connectivity index (χ1n) is 10.5. The molecule has 2 aliphatic rings. The highest BCUT2D eigenvalue weighted by Gasteiger charge is 2.34. The zero-order chi connectivity index (χ0) is 20.9. The van der Waals surface area contributed by atoms with E-state index in [0.29, 0.717) is 12.0 Å². The maximum Gasteiger partial charge on any atom is 0.321 e. The lowest BCUT2D eigenvalue weighted by atomic mass is 9.86. The van der Waals surface area contributed by atoms with E-state index >= 15 is 0 Å². The molecule has 0 spiro atoms. The summed E-state index contributed by atoms with van der Waals surface area (Å²) in [7, 11) is 1.70. The van der Waals surface area contributed by atoms with Crippen molar-refractivity contribution in [2.45, 2.75) is 36.2 Å². The van der Waals surface area contributed by atoms with Crippen molar-refractivity contribution in [3.8, 4) is 5.75 Å². The maximum atomic E-state index is 12.7. The predicted molar refractivity (Wildman–Crippen MR) is 122 cm³/mol. The Balaban J connectivity index is 1.27. The van der Waals surface area contributed by atoms with E-state index in [9.17, 15) is 4.79 Å². The number of methoxy groups -OCH3 is 1. The molecule has 2 heterocycles. The molecule has 2 aromatic carbocycles. The Morgan fingerprint density at radius 3 is 2.70 bits per heavy atom. The van der Waals surface area contributed by atoms with Crippen molar-refractivity contribution in [1.82, 2.24) is 15.8 Å². The van der Waals surface area contributed by atoms with Crippen molar-refractivity contribution >= 4 is 23.5 Å². The fourth-order valence-corrected chi connectivity index (χ4v) is 4.84. The van der Waals surface area contributed by atoms with Crippen molar-refractivity contribution in [2.24, 2.45) is 5.92 Å². The number of anilines is 1. The van der Waals surface area contributed by atoms with Crippen LogP contribution in [0.2, 0.25) is 0 Å². The number of hydrogen-bond donors (Lipinski definition) is 3. The number of hydrogen-bond acceptors (Lipinski definition) is 5. The number of urea groups is 1. The number of rotatable bonds is 5. The van der Waals surface area contributed by atoms with Crippen LogP contribution >= 0.6 is 11.8 Å². The van der Waals surface area contributed by atoms with Gasteiger partial charge in [-0.05, 0) is 67.3 Å². The summed E-state index contributed by atoms with van der Waals surface area (Å²) in [4.78, 5) is 15.7. The fourth-order valence-electron chi connectivity index (χ4n) is 4.38. The van der Waals surface area contributed by atoms with E-state index in [1.54, 1.807) is 18.9 Å². The van der Waals surface area contributed by atoms with Gasteiger partial charge in [-0.3, -0.25) is 10.9 Å². The number of nitrogens with one attached hydrogen (secondary N) is 3. The van der Waals surface area contributed by atoms with Crippen LogP contribution in [0.15, 0.2) is 53.4 Å². The van der Waals surface area contributed by atoms with Crippen LogP contribution in [-0.4, -0.2) is 43.4 Å². The van der Waals surface area contributed by atoms with Gasteiger partial charge in [0.15, 0.2) is 0 Å². The Morgan fingerprint density at radius 1 is 1.13 bits per heavy atom. The highest BCUT2D eigenvalue weighted by Crippen LogP contribution is 2.32. The quantitative estimate of drug-likeness (QED) is 0.623. The standard InChI is InChI=1S/C23H30N4O2S/c1-29-19-7-3-5-17(13-19)22-15-21(25-26-22)16-9-11-27(12-10-16)23(28)24-18-6-4-8-20(14-18)30-2/h3-8,13-14,16,21-22,25-26H,9-12,15H2,1-2H3,(H,24,28). The number of carbonyl (C=O) groups is 1. The third-order valence-corrected chi connectivity index (χ3v) is 6.87. The molecule has 2 aromatic rings. The van der Waals surface area contributed by atoms with E-state index in [1.165, 1.54) is 5.56 Å². The lowest BCUT2D eigenvalue weighted by molar-refractivity contribution is 0.169. The number of hydrazine groups is 1. The molecular weight excluding hydrogens is 396 g/mol. The molecule has 30 heavy (non-hydrogen) atoms. The summed E-state index contributed by atoms with van der Waals surface area (Å²) in [5.74, 6) is 1.46. The summed E-state index contributed by atoms with van der Waals surface area (Å²) >= 11 is 1.68. The highest BCUT2D eigenvalue weighted by atomic mass is 32.2. The predicted octanol–water partition coefficient (Wildman–Crippen LogP) is 4.27. The van der Waals surface area contributed by atoms with Crippen LogP contribution in [0.3, 0.4) is 0 Å². The number of thioether (sulfide) groups is 1. The first-order chi connectivity index (χ1) is 14.7. The summed E-state index contributed by atoms with van der Waals surface area (Å²) in [5, 5.41) is 3.04. The normalized spacial score (nSPS) is 22.1. The van der Waals surface area contributed by atoms with Gasteiger partial charge in [-0.2, -0.15) is 0 Å². The smallest absolute Gasteiger partial charge is 0.321 e. The lowest BCUT2D eigenvalue weighted by Gasteiger charge is -2.34. The Morgan fingerprint density at radius 2 is 1.93 bits per heavy atom. The molecule has 6 nitrogen and oxygen atoms in total. The number of nitrogens with zero attached hydrogens (tertiary/aromatic N) is 1. The van der Waals surface area contributed by atoms with Crippen LogP contribution in [0.4, 0.5) is 10.5 Å². The van der Waals surface area contributed by atoms with Gasteiger partial charge < -0.3 is 15.0 Å². The number of benzene rings is 2. The Kier molecular flexibility index (Phi) is 6.82. The molecule has 2 amide bonds. The van der Waals surface area contributed by atoms with Gasteiger partial charge in [-0.1, -0.05) is 18.2 Å². The van der Waals surface area contributed by atoms with Gasteiger partial charge in [0.2, 0.25) is 0 Å². The second-order valence-electron chi connectivity index (χ2n) is 7.95. The summed E-state index contributed by atoms with van der Waals surface area (Å²) in [6.07, 6.45) is 5.12. The van der Waals surface area contributed by atoms with Gasteiger partial charge in [-0.15, -0.1) is 11.8 Å². The topological polar surface area (TPSA) is 65.6 Å². The van der Waals surface area contributed by atoms with Crippen molar-refractivity contribution in [3.05, 3.63) is 54.1 Å². The molecule has 2 atom stereocenters. The second-order valence-corrected chi connectivity index (χ2v) is 8.83. The van der Waals surface area contributed by atoms with Crippen LogP contribution in [0.25, 0.3) is 0 Å². The van der Waals surface area contributed by atoms with Crippen LogP contribution in [0.5, 0.6) is 5.75 Å². The monoisotopic (exact) mass is 426 g/mol. The van der Waals surface area contributed by atoms with E-state index < -0.39 is 0 Å². The third-order valence-electron chi connectivity index (χ3n) is 6.15. The van der Waals surface area contributed by atoms with Crippen LogP contribution in [0.1, 0.15) is 30.9 Å². The van der Waals surface area contributed by atoms with Crippen LogP contribution in [-0.2, 0) is 0 Å². The van der Waals surface area contributed by atoms with E-state index in [4.69, 9.17) is 4.74 Å². The number of amides is 2. The van der Waals surface area contributed by atoms with Crippen LogP contribution in [0, 0.1) is 5.92 Å². The minimum Gasteiger partial charge on any atom is -0.497 e. The number of ether oxygens (including phenoxy) is 1. The molecule has 2 unspecified atom stereocenters. The van der Waals surface area contributed by atoms with E-state index in [0.717, 1.165) is 48.7 Å². The van der Waals surface area contributed by atoms with E-state index in [-0.39, 0.29) is 12.1 Å². The SMILES string of the molecule is COc1cccc(C2CC(C3CCN(C(=O)Nc4cccc(SC)c4)CC3)NN2)c1. The molecule has 2 aliphatic heterocycles. The number of piperidine rings is 1. The average Bonchev–Trinajstić information content (AvgIpc) is 3.30. The molecule has 2 fully saturated rings. The van der Waals surface area contributed by atoms with Gasteiger partial charge in [0, 0.05) is 35.8 Å². The Bertz CT molecular complexity index is 870. The van der Waals surface area contributed by atoms with Gasteiger partial charge in [0.25, 0.3) is 0 Å². The van der Waals surface area contributed by atoms with Crippen molar-refractivity contribution < 1.29 is 9.53 Å². The zero-order valence-corrected chi connectivity index (χ0v) is 18.4. The first kappa shape index (κ1) is 21.0. The molecule has 0 aromatic heterocycles. The molecule has 0 bridgehead atoms. The lowest BCUT2D eigenvalue weighted by Crippen LogP contribution is -2.45. The Labute approximate surface area is 182 Å². The molecule has 160 valence electrons. The molecule has 0 aliphatic carbocycles. The third kappa shape index (κ3) is 4.91. The highest BCUT2D eigenvalue weighted by molar-refractivity contribution is 7.98.